The molecule has 3 nitrogen and oxygen atoms in total. The minimum Gasteiger partial charge on any atom is -0.426 e. The quantitative estimate of drug-likeness (QED) is 0.320. The molecule has 0 saturated carbocycles. The van der Waals surface area contributed by atoms with Gasteiger partial charge in [-0.05, 0) is 18.6 Å². The SMILES string of the molecule is C=CC=CCCC(=O)CC(=O)Oc1ccccc1. The van der Waals surface area contributed by atoms with Crippen LogP contribution in [0.25, 0.3) is 0 Å². The van der Waals surface area contributed by atoms with Gasteiger partial charge in [-0.15, -0.1) is 0 Å². The van der Waals surface area contributed by atoms with E-state index in [1.807, 2.05) is 12.1 Å². The fraction of sp³-hybridized carbons (Fsp3) is 0.200. The molecule has 0 heterocycles. The molecule has 1 aromatic rings. The standard InChI is InChI=1S/C15H16O3/c1-2-3-4-6-9-13(16)12-15(17)18-14-10-7-5-8-11-14/h2-5,7-8,10-11H,1,6,9,12H2. The zero-order valence-electron chi connectivity index (χ0n) is 10.2. The van der Waals surface area contributed by atoms with Crippen molar-refractivity contribution in [1.82, 2.24) is 0 Å². The number of benzene rings is 1. The molecule has 0 radical (unpaired) electrons. The van der Waals surface area contributed by atoms with Gasteiger partial charge < -0.3 is 4.74 Å². The van der Waals surface area contributed by atoms with Crippen molar-refractivity contribution in [2.75, 3.05) is 0 Å². The predicted octanol–water partition coefficient (Wildman–Crippen LogP) is 3.07. The molecule has 0 aliphatic carbocycles. The van der Waals surface area contributed by atoms with E-state index in [1.54, 1.807) is 36.4 Å². The van der Waals surface area contributed by atoms with E-state index < -0.39 is 5.97 Å². The lowest BCUT2D eigenvalue weighted by Gasteiger charge is -2.02. The van der Waals surface area contributed by atoms with Crippen molar-refractivity contribution in [3.8, 4) is 5.75 Å². The van der Waals surface area contributed by atoms with Crippen LogP contribution in [0.2, 0.25) is 0 Å². The molecule has 0 unspecified atom stereocenters. The fourth-order valence-electron chi connectivity index (χ4n) is 1.34. The molecule has 0 aliphatic rings. The molecule has 1 rings (SSSR count). The first-order valence-corrected chi connectivity index (χ1v) is 5.77. The van der Waals surface area contributed by atoms with Crippen molar-refractivity contribution in [3.05, 3.63) is 55.1 Å². The summed E-state index contributed by atoms with van der Waals surface area (Å²) in [6.45, 7) is 3.53. The van der Waals surface area contributed by atoms with Crippen LogP contribution in [0, 0.1) is 0 Å². The van der Waals surface area contributed by atoms with Gasteiger partial charge in [-0.25, -0.2) is 0 Å². The summed E-state index contributed by atoms with van der Waals surface area (Å²) in [6.07, 6.45) is 6.03. The number of ether oxygens (including phenoxy) is 1. The second-order valence-electron chi connectivity index (χ2n) is 3.71. The van der Waals surface area contributed by atoms with Crippen molar-refractivity contribution in [1.29, 1.82) is 0 Å². The van der Waals surface area contributed by atoms with E-state index in [0.29, 0.717) is 18.6 Å². The Balaban J connectivity index is 2.29. The highest BCUT2D eigenvalue weighted by atomic mass is 16.5. The van der Waals surface area contributed by atoms with Gasteiger partial charge in [0.2, 0.25) is 0 Å². The van der Waals surface area contributed by atoms with E-state index in [4.69, 9.17) is 4.74 Å². The van der Waals surface area contributed by atoms with Gasteiger partial charge in [-0.1, -0.05) is 43.0 Å². The van der Waals surface area contributed by atoms with Crippen LogP contribution in [-0.4, -0.2) is 11.8 Å². The lowest BCUT2D eigenvalue weighted by molar-refractivity contribution is -0.138. The maximum Gasteiger partial charge on any atom is 0.318 e. The average molecular weight is 244 g/mol. The van der Waals surface area contributed by atoms with Crippen LogP contribution in [-0.2, 0) is 9.59 Å². The van der Waals surface area contributed by atoms with E-state index in [0.717, 1.165) is 0 Å². The van der Waals surface area contributed by atoms with Gasteiger partial charge in [0.1, 0.15) is 18.0 Å². The largest absolute Gasteiger partial charge is 0.426 e. The number of allylic oxidation sites excluding steroid dienone is 3. The number of para-hydroxylation sites is 1. The zero-order valence-corrected chi connectivity index (χ0v) is 10.2. The van der Waals surface area contributed by atoms with Gasteiger partial charge in [0.15, 0.2) is 0 Å². The third-order valence-corrected chi connectivity index (χ3v) is 2.18. The van der Waals surface area contributed by atoms with Crippen LogP contribution in [0.1, 0.15) is 19.3 Å². The summed E-state index contributed by atoms with van der Waals surface area (Å²) < 4.78 is 5.02. The molecule has 0 spiro atoms. The molecule has 1 aromatic carbocycles. The third-order valence-electron chi connectivity index (χ3n) is 2.18. The van der Waals surface area contributed by atoms with Gasteiger partial charge in [-0.3, -0.25) is 9.59 Å². The van der Waals surface area contributed by atoms with Gasteiger partial charge in [0, 0.05) is 6.42 Å². The monoisotopic (exact) mass is 244 g/mol. The molecule has 0 saturated heterocycles. The van der Waals surface area contributed by atoms with Crippen LogP contribution in [0.3, 0.4) is 0 Å². The second-order valence-corrected chi connectivity index (χ2v) is 3.71. The molecule has 0 atom stereocenters. The maximum absolute atomic E-state index is 11.4. The molecular weight excluding hydrogens is 228 g/mol. The molecule has 0 amide bonds. The second kappa shape index (κ2) is 8.01. The van der Waals surface area contributed by atoms with Crippen molar-refractivity contribution in [2.24, 2.45) is 0 Å². The van der Waals surface area contributed by atoms with Gasteiger partial charge >= 0.3 is 5.97 Å². The lowest BCUT2D eigenvalue weighted by Crippen LogP contribution is -2.13. The highest BCUT2D eigenvalue weighted by molar-refractivity contribution is 5.96. The minimum atomic E-state index is -0.515. The summed E-state index contributed by atoms with van der Waals surface area (Å²) in [5.74, 6) is -0.176. The van der Waals surface area contributed by atoms with E-state index in [-0.39, 0.29) is 12.2 Å². The topological polar surface area (TPSA) is 43.4 Å². The normalized spacial score (nSPS) is 10.2. The first-order chi connectivity index (χ1) is 8.72. The number of esters is 1. The lowest BCUT2D eigenvalue weighted by atomic mass is 10.1. The Kier molecular flexibility index (Phi) is 6.19. The summed E-state index contributed by atoms with van der Waals surface area (Å²) in [6, 6.07) is 8.72. The first-order valence-electron chi connectivity index (χ1n) is 5.77. The summed E-state index contributed by atoms with van der Waals surface area (Å²) in [5, 5.41) is 0. The van der Waals surface area contributed by atoms with Crippen molar-refractivity contribution in [3.63, 3.8) is 0 Å². The Bertz CT molecular complexity index is 432. The van der Waals surface area contributed by atoms with E-state index in [2.05, 4.69) is 6.58 Å². The maximum atomic E-state index is 11.4. The summed E-state index contributed by atoms with van der Waals surface area (Å²) >= 11 is 0. The number of carbonyl (C=O) groups is 2. The molecule has 94 valence electrons. The van der Waals surface area contributed by atoms with Crippen molar-refractivity contribution < 1.29 is 14.3 Å². The molecule has 18 heavy (non-hydrogen) atoms. The van der Waals surface area contributed by atoms with E-state index in [1.165, 1.54) is 0 Å². The van der Waals surface area contributed by atoms with E-state index >= 15 is 0 Å². The average Bonchev–Trinajstić information content (AvgIpc) is 2.35. The van der Waals surface area contributed by atoms with Crippen molar-refractivity contribution >= 4 is 11.8 Å². The predicted molar refractivity (Wildman–Crippen MR) is 70.3 cm³/mol. The van der Waals surface area contributed by atoms with Crippen molar-refractivity contribution in [2.45, 2.75) is 19.3 Å². The number of hydrogen-bond acceptors (Lipinski definition) is 3. The first kappa shape index (κ1) is 13.9. The van der Waals surface area contributed by atoms with Crippen LogP contribution < -0.4 is 4.74 Å². The van der Waals surface area contributed by atoms with Crippen LogP contribution in [0.15, 0.2) is 55.1 Å². The highest BCUT2D eigenvalue weighted by Crippen LogP contribution is 2.09. The molecular formula is C15H16O3. The molecule has 3 heteroatoms. The van der Waals surface area contributed by atoms with Crippen LogP contribution in [0.5, 0.6) is 5.75 Å². The third kappa shape index (κ3) is 5.80. The molecule has 0 aromatic heterocycles. The Labute approximate surface area is 107 Å². The number of rotatable bonds is 7. The van der Waals surface area contributed by atoms with Crippen LogP contribution in [0.4, 0.5) is 0 Å². The molecule has 0 fully saturated rings. The molecule has 0 bridgehead atoms. The smallest absolute Gasteiger partial charge is 0.318 e. The summed E-state index contributed by atoms with van der Waals surface area (Å²) in [4.78, 5) is 22.9. The molecule has 0 aliphatic heterocycles. The van der Waals surface area contributed by atoms with Gasteiger partial charge in [0.05, 0.1) is 0 Å². The molecule has 0 N–H and O–H groups in total. The van der Waals surface area contributed by atoms with Gasteiger partial charge in [-0.2, -0.15) is 0 Å². The summed E-state index contributed by atoms with van der Waals surface area (Å²) in [7, 11) is 0. The number of carbonyl (C=O) groups excluding carboxylic acids is 2. The Morgan fingerprint density at radius 2 is 1.94 bits per heavy atom. The van der Waals surface area contributed by atoms with Crippen LogP contribution >= 0.6 is 0 Å². The van der Waals surface area contributed by atoms with Gasteiger partial charge in [0.25, 0.3) is 0 Å². The fourth-order valence-corrected chi connectivity index (χ4v) is 1.34. The Morgan fingerprint density at radius 1 is 1.22 bits per heavy atom. The summed E-state index contributed by atoms with van der Waals surface area (Å²) in [5.41, 5.74) is 0. The number of Topliss-reactive ketones (excluding diaryl/α,β-unsaturated/α-hetero) is 1. The van der Waals surface area contributed by atoms with E-state index in [9.17, 15) is 9.59 Å². The Hall–Kier alpha value is -2.16. The number of hydrogen-bond donors (Lipinski definition) is 0. The number of ketones is 1. The minimum absolute atomic E-state index is 0.121. The Morgan fingerprint density at radius 3 is 2.61 bits per heavy atom. The highest BCUT2D eigenvalue weighted by Gasteiger charge is 2.10. The zero-order chi connectivity index (χ0) is 13.2.